The molecule has 0 aliphatic heterocycles. The summed E-state index contributed by atoms with van der Waals surface area (Å²) in [5.41, 5.74) is 9.02. The topological polar surface area (TPSA) is 55.1 Å². The van der Waals surface area contributed by atoms with Gasteiger partial charge in [0.2, 0.25) is 0 Å². The van der Waals surface area contributed by atoms with Crippen LogP contribution in [0, 0.1) is 6.92 Å². The van der Waals surface area contributed by atoms with Crippen molar-refractivity contribution in [3.05, 3.63) is 59.2 Å². The molecule has 0 aliphatic carbocycles. The van der Waals surface area contributed by atoms with E-state index in [1.807, 2.05) is 32.2 Å². The quantitative estimate of drug-likeness (QED) is 0.667. The lowest BCUT2D eigenvalue weighted by molar-refractivity contribution is 0.0939. The minimum atomic E-state index is -0.0961. The molecule has 0 saturated heterocycles. The largest absolute Gasteiger partial charge is 0.398 e. The predicted molar refractivity (Wildman–Crippen MR) is 89.7 cm³/mol. The van der Waals surface area contributed by atoms with Crippen LogP contribution in [0.25, 0.3) is 0 Å². The SMILES string of the molecule is CSc1ccc(C(C)NC(=O)c2cccc(N)c2C)cc1. The smallest absolute Gasteiger partial charge is 0.252 e. The van der Waals surface area contributed by atoms with Crippen molar-refractivity contribution in [2.24, 2.45) is 0 Å². The molecule has 110 valence electrons. The minimum Gasteiger partial charge on any atom is -0.398 e. The second kappa shape index (κ2) is 6.68. The average molecular weight is 300 g/mol. The van der Waals surface area contributed by atoms with Crippen LogP contribution in [0.3, 0.4) is 0 Å². The first-order chi connectivity index (χ1) is 10.0. The van der Waals surface area contributed by atoms with Gasteiger partial charge in [-0.25, -0.2) is 0 Å². The standard InChI is InChI=1S/C17H20N2OS/c1-11-15(5-4-6-16(11)18)17(20)19-12(2)13-7-9-14(21-3)10-8-13/h4-10,12H,18H2,1-3H3,(H,19,20). The van der Waals surface area contributed by atoms with Crippen molar-refractivity contribution in [1.29, 1.82) is 0 Å². The van der Waals surface area contributed by atoms with Gasteiger partial charge in [0.15, 0.2) is 0 Å². The molecule has 2 aromatic carbocycles. The van der Waals surface area contributed by atoms with Crippen LogP contribution in [0.4, 0.5) is 5.69 Å². The Kier molecular flexibility index (Phi) is 4.91. The highest BCUT2D eigenvalue weighted by molar-refractivity contribution is 7.98. The van der Waals surface area contributed by atoms with Gasteiger partial charge in [-0.3, -0.25) is 4.79 Å². The summed E-state index contributed by atoms with van der Waals surface area (Å²) < 4.78 is 0. The van der Waals surface area contributed by atoms with Crippen LogP contribution in [-0.2, 0) is 0 Å². The lowest BCUT2D eigenvalue weighted by atomic mass is 10.0. The number of nitrogens with two attached hydrogens (primary N) is 1. The van der Waals surface area contributed by atoms with Crippen molar-refractivity contribution < 1.29 is 4.79 Å². The van der Waals surface area contributed by atoms with Gasteiger partial charge in [0.05, 0.1) is 6.04 Å². The lowest BCUT2D eigenvalue weighted by Crippen LogP contribution is -2.27. The molecule has 0 fully saturated rings. The Morgan fingerprint density at radius 3 is 2.48 bits per heavy atom. The van der Waals surface area contributed by atoms with E-state index in [-0.39, 0.29) is 11.9 Å². The van der Waals surface area contributed by atoms with Crippen molar-refractivity contribution in [3.63, 3.8) is 0 Å². The first-order valence-corrected chi connectivity index (χ1v) is 8.05. The van der Waals surface area contributed by atoms with Gasteiger partial charge in [0.1, 0.15) is 0 Å². The fraction of sp³-hybridized carbons (Fsp3) is 0.235. The molecule has 2 aromatic rings. The molecular formula is C17H20N2OS. The van der Waals surface area contributed by atoms with Crippen molar-refractivity contribution in [2.45, 2.75) is 24.8 Å². The highest BCUT2D eigenvalue weighted by atomic mass is 32.2. The second-order valence-electron chi connectivity index (χ2n) is 4.99. The number of amides is 1. The molecule has 0 saturated carbocycles. The summed E-state index contributed by atoms with van der Waals surface area (Å²) in [4.78, 5) is 13.6. The van der Waals surface area contributed by atoms with Gasteiger partial charge >= 0.3 is 0 Å². The summed E-state index contributed by atoms with van der Waals surface area (Å²) in [7, 11) is 0. The molecule has 1 atom stereocenters. The van der Waals surface area contributed by atoms with Crippen LogP contribution in [0.5, 0.6) is 0 Å². The van der Waals surface area contributed by atoms with Gasteiger partial charge in [0.25, 0.3) is 5.91 Å². The van der Waals surface area contributed by atoms with Gasteiger partial charge < -0.3 is 11.1 Å². The Hall–Kier alpha value is -1.94. The summed E-state index contributed by atoms with van der Waals surface area (Å²) in [5.74, 6) is -0.0961. The molecule has 0 radical (unpaired) electrons. The predicted octanol–water partition coefficient (Wildman–Crippen LogP) is 3.79. The van der Waals surface area contributed by atoms with Crippen LogP contribution < -0.4 is 11.1 Å². The highest BCUT2D eigenvalue weighted by Crippen LogP contribution is 2.20. The van der Waals surface area contributed by atoms with Crippen LogP contribution >= 0.6 is 11.8 Å². The van der Waals surface area contributed by atoms with E-state index in [9.17, 15) is 4.79 Å². The van der Waals surface area contributed by atoms with E-state index in [0.29, 0.717) is 11.3 Å². The third-order valence-electron chi connectivity index (χ3n) is 3.58. The van der Waals surface area contributed by atoms with E-state index in [1.54, 1.807) is 30.0 Å². The molecule has 3 nitrogen and oxygen atoms in total. The van der Waals surface area contributed by atoms with Crippen molar-refractivity contribution in [3.8, 4) is 0 Å². The van der Waals surface area contributed by atoms with Crippen LogP contribution in [0.2, 0.25) is 0 Å². The molecule has 0 bridgehead atoms. The Bertz CT molecular complexity index is 638. The molecule has 1 amide bonds. The number of benzene rings is 2. The summed E-state index contributed by atoms with van der Waals surface area (Å²) in [6, 6.07) is 13.6. The monoisotopic (exact) mass is 300 g/mol. The van der Waals surface area contributed by atoms with Gasteiger partial charge in [-0.05, 0) is 55.5 Å². The Balaban J connectivity index is 2.12. The zero-order chi connectivity index (χ0) is 15.4. The number of thioether (sulfide) groups is 1. The molecule has 0 aliphatic rings. The van der Waals surface area contributed by atoms with E-state index in [1.165, 1.54) is 4.90 Å². The van der Waals surface area contributed by atoms with Crippen molar-refractivity contribution in [1.82, 2.24) is 5.32 Å². The van der Waals surface area contributed by atoms with Crippen molar-refractivity contribution in [2.75, 3.05) is 12.0 Å². The number of anilines is 1. The molecule has 21 heavy (non-hydrogen) atoms. The zero-order valence-corrected chi connectivity index (χ0v) is 13.3. The third-order valence-corrected chi connectivity index (χ3v) is 4.33. The number of hydrogen-bond acceptors (Lipinski definition) is 3. The second-order valence-corrected chi connectivity index (χ2v) is 5.87. The first kappa shape index (κ1) is 15.4. The first-order valence-electron chi connectivity index (χ1n) is 6.83. The van der Waals surface area contributed by atoms with Gasteiger partial charge in [0, 0.05) is 16.1 Å². The van der Waals surface area contributed by atoms with E-state index in [2.05, 4.69) is 17.4 Å². The van der Waals surface area contributed by atoms with E-state index in [4.69, 9.17) is 5.73 Å². The van der Waals surface area contributed by atoms with Gasteiger partial charge in [-0.15, -0.1) is 11.8 Å². The minimum absolute atomic E-state index is 0.0470. The van der Waals surface area contributed by atoms with Crippen LogP contribution in [0.15, 0.2) is 47.4 Å². The number of nitrogens with one attached hydrogen (secondary N) is 1. The average Bonchev–Trinajstić information content (AvgIpc) is 2.50. The molecule has 0 heterocycles. The maximum absolute atomic E-state index is 12.4. The van der Waals surface area contributed by atoms with Crippen molar-refractivity contribution >= 4 is 23.4 Å². The van der Waals surface area contributed by atoms with E-state index < -0.39 is 0 Å². The number of hydrogen-bond donors (Lipinski definition) is 2. The van der Waals surface area contributed by atoms with Gasteiger partial charge in [-0.1, -0.05) is 18.2 Å². The fourth-order valence-corrected chi connectivity index (χ4v) is 2.56. The summed E-state index contributed by atoms with van der Waals surface area (Å²) in [5, 5.41) is 3.02. The zero-order valence-electron chi connectivity index (χ0n) is 12.5. The number of carbonyl (C=O) groups is 1. The maximum Gasteiger partial charge on any atom is 0.252 e. The number of rotatable bonds is 4. The highest BCUT2D eigenvalue weighted by Gasteiger charge is 2.14. The molecule has 2 rings (SSSR count). The normalized spacial score (nSPS) is 12.0. The Labute approximate surface area is 129 Å². The maximum atomic E-state index is 12.4. The summed E-state index contributed by atoms with van der Waals surface area (Å²) in [6.07, 6.45) is 2.04. The molecule has 0 aromatic heterocycles. The Morgan fingerprint density at radius 1 is 1.19 bits per heavy atom. The molecule has 4 heteroatoms. The molecule has 0 spiro atoms. The van der Waals surface area contributed by atoms with Gasteiger partial charge in [-0.2, -0.15) is 0 Å². The number of carbonyl (C=O) groups excluding carboxylic acids is 1. The summed E-state index contributed by atoms with van der Waals surface area (Å²) in [6.45, 7) is 3.84. The Morgan fingerprint density at radius 2 is 1.86 bits per heavy atom. The molecular weight excluding hydrogens is 280 g/mol. The lowest BCUT2D eigenvalue weighted by Gasteiger charge is -2.16. The fourth-order valence-electron chi connectivity index (χ4n) is 2.15. The molecule has 3 N–H and O–H groups in total. The van der Waals surface area contributed by atoms with Crippen LogP contribution in [-0.4, -0.2) is 12.2 Å². The number of nitrogen functional groups attached to an aromatic ring is 1. The summed E-state index contributed by atoms with van der Waals surface area (Å²) >= 11 is 1.70. The van der Waals surface area contributed by atoms with E-state index in [0.717, 1.165) is 11.1 Å². The molecule has 1 unspecified atom stereocenters. The van der Waals surface area contributed by atoms with E-state index >= 15 is 0 Å². The third kappa shape index (κ3) is 3.58. The van der Waals surface area contributed by atoms with Crippen LogP contribution in [0.1, 0.15) is 34.5 Å².